The van der Waals surface area contributed by atoms with Crippen LogP contribution < -0.4 is 5.56 Å². The maximum absolute atomic E-state index is 12.4. The molecule has 0 saturated carbocycles. The van der Waals surface area contributed by atoms with Crippen LogP contribution in [0.1, 0.15) is 13.3 Å². The van der Waals surface area contributed by atoms with Crippen LogP contribution in [0.15, 0.2) is 35.4 Å². The summed E-state index contributed by atoms with van der Waals surface area (Å²) < 4.78 is 3.74. The number of fused-ring (bicyclic) bond motifs is 3. The standard InChI is InChI=1S/C14H15N3O/c1-3-8-17-11-7-5-4-6-10(11)13-12(14(17)18)15-9-16(13)2/h4-7,9H,3,8H2,1-2H3. The number of pyridine rings is 1. The first-order valence-electron chi connectivity index (χ1n) is 6.16. The molecule has 0 saturated heterocycles. The van der Waals surface area contributed by atoms with Gasteiger partial charge in [-0.3, -0.25) is 4.79 Å². The summed E-state index contributed by atoms with van der Waals surface area (Å²) in [5.41, 5.74) is 2.47. The Hall–Kier alpha value is -2.10. The van der Waals surface area contributed by atoms with Crippen molar-refractivity contribution in [2.24, 2.45) is 7.05 Å². The molecule has 2 aromatic heterocycles. The zero-order valence-electron chi connectivity index (χ0n) is 10.6. The van der Waals surface area contributed by atoms with E-state index in [9.17, 15) is 4.79 Å². The Balaban J connectivity index is 2.60. The zero-order valence-corrected chi connectivity index (χ0v) is 10.6. The Morgan fingerprint density at radius 1 is 1.28 bits per heavy atom. The van der Waals surface area contributed by atoms with E-state index in [4.69, 9.17) is 0 Å². The quantitative estimate of drug-likeness (QED) is 0.690. The monoisotopic (exact) mass is 241 g/mol. The van der Waals surface area contributed by atoms with Gasteiger partial charge < -0.3 is 9.13 Å². The fraction of sp³-hybridized carbons (Fsp3) is 0.286. The Kier molecular flexibility index (Phi) is 2.44. The number of benzene rings is 1. The van der Waals surface area contributed by atoms with Gasteiger partial charge in [-0.25, -0.2) is 4.98 Å². The molecule has 3 aromatic rings. The van der Waals surface area contributed by atoms with Gasteiger partial charge in [-0.15, -0.1) is 0 Å². The van der Waals surface area contributed by atoms with Gasteiger partial charge in [-0.2, -0.15) is 0 Å². The van der Waals surface area contributed by atoms with Crippen molar-refractivity contribution in [1.29, 1.82) is 0 Å². The molecule has 0 N–H and O–H groups in total. The van der Waals surface area contributed by atoms with Crippen molar-refractivity contribution in [1.82, 2.24) is 14.1 Å². The molecule has 4 heteroatoms. The van der Waals surface area contributed by atoms with Crippen LogP contribution in [0.4, 0.5) is 0 Å². The lowest BCUT2D eigenvalue weighted by molar-refractivity contribution is 0.682. The zero-order chi connectivity index (χ0) is 12.7. The third-order valence-corrected chi connectivity index (χ3v) is 3.28. The Morgan fingerprint density at radius 3 is 2.83 bits per heavy atom. The number of nitrogens with zero attached hydrogens (tertiary/aromatic N) is 3. The summed E-state index contributed by atoms with van der Waals surface area (Å²) >= 11 is 0. The van der Waals surface area contributed by atoms with E-state index in [2.05, 4.69) is 11.9 Å². The fourth-order valence-electron chi connectivity index (χ4n) is 2.50. The van der Waals surface area contributed by atoms with E-state index in [0.717, 1.165) is 29.4 Å². The lowest BCUT2D eigenvalue weighted by Crippen LogP contribution is -2.21. The first-order chi connectivity index (χ1) is 8.74. The topological polar surface area (TPSA) is 39.8 Å². The second-order valence-corrected chi connectivity index (χ2v) is 4.53. The first-order valence-corrected chi connectivity index (χ1v) is 6.16. The number of aromatic nitrogens is 3. The number of rotatable bonds is 2. The number of hydrogen-bond acceptors (Lipinski definition) is 2. The van der Waals surface area contributed by atoms with Crippen molar-refractivity contribution in [2.75, 3.05) is 0 Å². The molecule has 0 spiro atoms. The third kappa shape index (κ3) is 1.38. The Labute approximate surface area is 104 Å². The number of para-hydroxylation sites is 1. The van der Waals surface area contributed by atoms with E-state index < -0.39 is 0 Å². The molecule has 0 radical (unpaired) electrons. The Bertz CT molecular complexity index is 783. The average Bonchev–Trinajstić information content (AvgIpc) is 2.77. The van der Waals surface area contributed by atoms with E-state index in [-0.39, 0.29) is 5.56 Å². The highest BCUT2D eigenvalue weighted by atomic mass is 16.1. The van der Waals surface area contributed by atoms with Crippen molar-refractivity contribution >= 4 is 21.9 Å². The molecule has 0 aliphatic carbocycles. The highest BCUT2D eigenvalue weighted by Crippen LogP contribution is 2.21. The van der Waals surface area contributed by atoms with Gasteiger partial charge in [0.05, 0.1) is 17.4 Å². The molecule has 0 aliphatic rings. The molecule has 0 amide bonds. The number of imidazole rings is 1. The normalized spacial score (nSPS) is 11.4. The molecule has 92 valence electrons. The fourth-order valence-corrected chi connectivity index (χ4v) is 2.50. The molecule has 4 nitrogen and oxygen atoms in total. The molecular formula is C14H15N3O. The van der Waals surface area contributed by atoms with E-state index in [1.807, 2.05) is 40.4 Å². The van der Waals surface area contributed by atoms with Gasteiger partial charge in [-0.05, 0) is 12.5 Å². The molecule has 0 fully saturated rings. The molecular weight excluding hydrogens is 226 g/mol. The summed E-state index contributed by atoms with van der Waals surface area (Å²) in [6, 6.07) is 8.01. The molecule has 0 atom stereocenters. The minimum Gasteiger partial charge on any atom is -0.333 e. The lowest BCUT2D eigenvalue weighted by atomic mass is 10.2. The predicted molar refractivity (Wildman–Crippen MR) is 72.8 cm³/mol. The molecule has 18 heavy (non-hydrogen) atoms. The van der Waals surface area contributed by atoms with Crippen molar-refractivity contribution < 1.29 is 0 Å². The minimum atomic E-state index is 0.00569. The van der Waals surface area contributed by atoms with Crippen LogP contribution in [0.25, 0.3) is 21.9 Å². The van der Waals surface area contributed by atoms with Gasteiger partial charge in [0.2, 0.25) is 0 Å². The van der Waals surface area contributed by atoms with Crippen molar-refractivity contribution in [3.05, 3.63) is 40.9 Å². The summed E-state index contributed by atoms with van der Waals surface area (Å²) in [5, 5.41) is 1.08. The van der Waals surface area contributed by atoms with Crippen LogP contribution in [0.5, 0.6) is 0 Å². The minimum absolute atomic E-state index is 0.00569. The third-order valence-electron chi connectivity index (χ3n) is 3.28. The van der Waals surface area contributed by atoms with Crippen molar-refractivity contribution in [2.45, 2.75) is 19.9 Å². The van der Waals surface area contributed by atoms with E-state index >= 15 is 0 Å². The van der Waals surface area contributed by atoms with Crippen LogP contribution in [-0.4, -0.2) is 14.1 Å². The predicted octanol–water partition coefficient (Wildman–Crippen LogP) is 2.30. The SMILES string of the molecule is CCCn1c(=O)c2ncn(C)c2c2ccccc21. The molecule has 0 aliphatic heterocycles. The smallest absolute Gasteiger partial charge is 0.279 e. The van der Waals surface area contributed by atoms with Crippen molar-refractivity contribution in [3.8, 4) is 0 Å². The molecule has 3 rings (SSSR count). The van der Waals surface area contributed by atoms with Crippen LogP contribution >= 0.6 is 0 Å². The maximum atomic E-state index is 12.4. The average molecular weight is 241 g/mol. The van der Waals surface area contributed by atoms with Crippen LogP contribution in [-0.2, 0) is 13.6 Å². The van der Waals surface area contributed by atoms with Crippen molar-refractivity contribution in [3.63, 3.8) is 0 Å². The highest BCUT2D eigenvalue weighted by molar-refractivity contribution is 6.02. The van der Waals surface area contributed by atoms with E-state index in [1.165, 1.54) is 0 Å². The molecule has 0 bridgehead atoms. The second-order valence-electron chi connectivity index (χ2n) is 4.53. The van der Waals surface area contributed by atoms with Crippen LogP contribution in [0, 0.1) is 0 Å². The van der Waals surface area contributed by atoms with Crippen LogP contribution in [0.2, 0.25) is 0 Å². The van der Waals surface area contributed by atoms with Gasteiger partial charge >= 0.3 is 0 Å². The largest absolute Gasteiger partial charge is 0.333 e. The van der Waals surface area contributed by atoms with Gasteiger partial charge in [0.1, 0.15) is 0 Å². The molecule has 1 aromatic carbocycles. The van der Waals surface area contributed by atoms with Gasteiger partial charge in [0, 0.05) is 19.0 Å². The second kappa shape index (κ2) is 3.98. The summed E-state index contributed by atoms with van der Waals surface area (Å²) in [6.45, 7) is 2.80. The summed E-state index contributed by atoms with van der Waals surface area (Å²) in [4.78, 5) is 16.7. The van der Waals surface area contributed by atoms with Gasteiger partial charge in [0.25, 0.3) is 5.56 Å². The lowest BCUT2D eigenvalue weighted by Gasteiger charge is -2.10. The molecule has 0 unspecified atom stereocenters. The number of aryl methyl sites for hydroxylation is 2. The van der Waals surface area contributed by atoms with Gasteiger partial charge in [-0.1, -0.05) is 25.1 Å². The van der Waals surface area contributed by atoms with E-state index in [1.54, 1.807) is 6.33 Å². The van der Waals surface area contributed by atoms with E-state index in [0.29, 0.717) is 5.52 Å². The number of hydrogen-bond donors (Lipinski definition) is 0. The van der Waals surface area contributed by atoms with Gasteiger partial charge in [0.15, 0.2) is 5.52 Å². The highest BCUT2D eigenvalue weighted by Gasteiger charge is 2.13. The first kappa shape index (κ1) is 11.0. The Morgan fingerprint density at radius 2 is 2.06 bits per heavy atom. The molecule has 2 heterocycles. The maximum Gasteiger partial charge on any atom is 0.279 e. The summed E-state index contributed by atoms with van der Waals surface area (Å²) in [7, 11) is 1.92. The summed E-state index contributed by atoms with van der Waals surface area (Å²) in [6.07, 6.45) is 2.64. The van der Waals surface area contributed by atoms with Crippen LogP contribution in [0.3, 0.4) is 0 Å². The summed E-state index contributed by atoms with van der Waals surface area (Å²) in [5.74, 6) is 0.